The summed E-state index contributed by atoms with van der Waals surface area (Å²) in [6, 6.07) is 5.02. The molecule has 1 N–H and O–H groups in total. The Morgan fingerprint density at radius 3 is 2.29 bits per heavy atom. The Morgan fingerprint density at radius 2 is 1.74 bits per heavy atom. The number of benzene rings is 1. The molecule has 34 heavy (non-hydrogen) atoms. The van der Waals surface area contributed by atoms with Crippen molar-refractivity contribution in [2.24, 2.45) is 17.0 Å². The molecule has 2 aliphatic heterocycles. The highest BCUT2D eigenvalue weighted by Gasteiger charge is 2.33. The van der Waals surface area contributed by atoms with Crippen LogP contribution in [0.5, 0.6) is 0 Å². The van der Waals surface area contributed by atoms with Crippen LogP contribution in [-0.4, -0.2) is 64.9 Å². The van der Waals surface area contributed by atoms with Gasteiger partial charge in [-0.25, -0.2) is 0 Å². The van der Waals surface area contributed by atoms with Crippen molar-refractivity contribution in [3.63, 3.8) is 0 Å². The molecule has 2 saturated heterocycles. The standard InChI is InChI=1S/C24H30F3N5O2/c1-34-30-22(18-2-4-21(5-3-18)24(25,26)27)19-8-12-32(13-9-19)23(33)20-6-10-31(11-7-20)16-17-14-28-29-15-17/h2-5,14-15,19-20H,6-13,16H2,1H3,(H,28,29)/b30-22+. The highest BCUT2D eigenvalue weighted by Crippen LogP contribution is 2.31. The number of H-pyrrole nitrogens is 1. The van der Waals surface area contributed by atoms with Crippen LogP contribution in [-0.2, 0) is 22.4 Å². The summed E-state index contributed by atoms with van der Waals surface area (Å²) in [5.41, 5.74) is 1.71. The third-order valence-electron chi connectivity index (χ3n) is 6.79. The Morgan fingerprint density at radius 1 is 1.09 bits per heavy atom. The van der Waals surface area contributed by atoms with Gasteiger partial charge in [0.05, 0.1) is 17.5 Å². The fourth-order valence-corrected chi connectivity index (χ4v) is 4.88. The maximum absolute atomic E-state index is 13.1. The highest BCUT2D eigenvalue weighted by molar-refractivity contribution is 6.02. The highest BCUT2D eigenvalue weighted by atomic mass is 19.4. The van der Waals surface area contributed by atoms with Crippen molar-refractivity contribution in [2.45, 2.75) is 38.4 Å². The number of halogens is 3. The first-order valence-electron chi connectivity index (χ1n) is 11.6. The normalized spacial score (nSPS) is 19.4. The molecule has 4 rings (SSSR count). The maximum atomic E-state index is 13.1. The first-order chi connectivity index (χ1) is 16.3. The SMILES string of the molecule is CO/N=C(\c1ccc(C(F)(F)F)cc1)C1CCN(C(=O)C2CCN(Cc3cn[nH]c3)CC2)CC1. The van der Waals surface area contributed by atoms with Crippen molar-refractivity contribution < 1.29 is 22.8 Å². The molecule has 0 radical (unpaired) electrons. The second-order valence-corrected chi connectivity index (χ2v) is 8.99. The van der Waals surface area contributed by atoms with Crippen molar-refractivity contribution in [1.29, 1.82) is 0 Å². The molecule has 0 bridgehead atoms. The lowest BCUT2D eigenvalue weighted by Crippen LogP contribution is -2.46. The van der Waals surface area contributed by atoms with Crippen LogP contribution in [0.4, 0.5) is 13.2 Å². The molecule has 0 saturated carbocycles. The van der Waals surface area contributed by atoms with Crippen molar-refractivity contribution >= 4 is 11.6 Å². The van der Waals surface area contributed by atoms with Gasteiger partial charge in [-0.2, -0.15) is 18.3 Å². The predicted octanol–water partition coefficient (Wildman–Crippen LogP) is 3.93. The Balaban J connectivity index is 1.30. The van der Waals surface area contributed by atoms with Crippen LogP contribution in [0.25, 0.3) is 0 Å². The van der Waals surface area contributed by atoms with Crippen LogP contribution < -0.4 is 0 Å². The second-order valence-electron chi connectivity index (χ2n) is 8.99. The van der Waals surface area contributed by atoms with Gasteiger partial charge in [0.1, 0.15) is 7.11 Å². The smallest absolute Gasteiger partial charge is 0.399 e. The van der Waals surface area contributed by atoms with E-state index in [9.17, 15) is 18.0 Å². The molecule has 0 aliphatic carbocycles. The summed E-state index contributed by atoms with van der Waals surface area (Å²) in [7, 11) is 1.43. The molecule has 2 aromatic rings. The average Bonchev–Trinajstić information content (AvgIpc) is 3.35. The number of piperidine rings is 2. The van der Waals surface area contributed by atoms with E-state index in [4.69, 9.17) is 4.84 Å². The van der Waals surface area contributed by atoms with Crippen LogP contribution >= 0.6 is 0 Å². The van der Waals surface area contributed by atoms with E-state index in [1.807, 2.05) is 17.3 Å². The zero-order chi connectivity index (χ0) is 24.1. The summed E-state index contributed by atoms with van der Waals surface area (Å²) in [4.78, 5) is 22.4. The van der Waals surface area contributed by atoms with Gasteiger partial charge in [0.2, 0.25) is 5.91 Å². The van der Waals surface area contributed by atoms with E-state index in [0.717, 1.165) is 50.2 Å². The van der Waals surface area contributed by atoms with Crippen molar-refractivity contribution in [3.05, 3.63) is 53.3 Å². The summed E-state index contributed by atoms with van der Waals surface area (Å²) in [6.45, 7) is 3.84. The molecule has 10 heteroatoms. The summed E-state index contributed by atoms with van der Waals surface area (Å²) in [5, 5.41) is 10.9. The van der Waals surface area contributed by atoms with E-state index >= 15 is 0 Å². The van der Waals surface area contributed by atoms with Gasteiger partial charge in [-0.1, -0.05) is 17.3 Å². The van der Waals surface area contributed by atoms with Crippen LogP contribution in [0.3, 0.4) is 0 Å². The number of likely N-dealkylation sites (tertiary alicyclic amines) is 2. The molecule has 184 valence electrons. The monoisotopic (exact) mass is 477 g/mol. The zero-order valence-electron chi connectivity index (χ0n) is 19.2. The van der Waals surface area contributed by atoms with Gasteiger partial charge in [-0.3, -0.25) is 14.8 Å². The van der Waals surface area contributed by atoms with Crippen LogP contribution in [0.15, 0.2) is 41.8 Å². The van der Waals surface area contributed by atoms with Crippen LogP contribution in [0.2, 0.25) is 0 Å². The van der Waals surface area contributed by atoms with Gasteiger partial charge in [0.15, 0.2) is 0 Å². The Labute approximate surface area is 196 Å². The Kier molecular flexibility index (Phi) is 7.55. The van der Waals surface area contributed by atoms with Crippen molar-refractivity contribution in [3.8, 4) is 0 Å². The van der Waals surface area contributed by atoms with Gasteiger partial charge in [0, 0.05) is 43.2 Å². The molecule has 0 atom stereocenters. The zero-order valence-corrected chi connectivity index (χ0v) is 19.2. The quantitative estimate of drug-likeness (QED) is 0.506. The topological polar surface area (TPSA) is 73.8 Å². The summed E-state index contributed by atoms with van der Waals surface area (Å²) < 4.78 is 38.7. The van der Waals surface area contributed by atoms with E-state index in [1.165, 1.54) is 19.2 Å². The van der Waals surface area contributed by atoms with E-state index in [2.05, 4.69) is 20.3 Å². The van der Waals surface area contributed by atoms with Gasteiger partial charge in [-0.15, -0.1) is 0 Å². The number of carbonyl (C=O) groups is 1. The van der Waals surface area contributed by atoms with Crippen molar-refractivity contribution in [2.75, 3.05) is 33.3 Å². The number of oxime groups is 1. The average molecular weight is 478 g/mol. The predicted molar refractivity (Wildman–Crippen MR) is 121 cm³/mol. The van der Waals surface area contributed by atoms with E-state index in [0.29, 0.717) is 37.2 Å². The largest absolute Gasteiger partial charge is 0.416 e. The number of nitrogens with zero attached hydrogens (tertiary/aromatic N) is 4. The number of hydrogen-bond acceptors (Lipinski definition) is 5. The first kappa shape index (κ1) is 24.3. The minimum Gasteiger partial charge on any atom is -0.399 e. The van der Waals surface area contributed by atoms with E-state index in [-0.39, 0.29) is 17.7 Å². The first-order valence-corrected chi connectivity index (χ1v) is 11.6. The van der Waals surface area contributed by atoms with Gasteiger partial charge < -0.3 is 9.74 Å². The van der Waals surface area contributed by atoms with Crippen molar-refractivity contribution in [1.82, 2.24) is 20.0 Å². The fraction of sp³-hybridized carbons (Fsp3) is 0.542. The number of nitrogens with one attached hydrogen (secondary N) is 1. The lowest BCUT2D eigenvalue weighted by atomic mass is 9.86. The van der Waals surface area contributed by atoms with Gasteiger partial charge >= 0.3 is 6.18 Å². The Hall–Kier alpha value is -2.88. The Bertz CT molecular complexity index is 959. The molecule has 1 aromatic carbocycles. The van der Waals surface area contributed by atoms with Gasteiger partial charge in [0.25, 0.3) is 0 Å². The lowest BCUT2D eigenvalue weighted by molar-refractivity contribution is -0.138. The van der Waals surface area contributed by atoms with E-state index in [1.54, 1.807) is 0 Å². The minimum atomic E-state index is -4.38. The van der Waals surface area contributed by atoms with Gasteiger partial charge in [-0.05, 0) is 56.5 Å². The van der Waals surface area contributed by atoms with Crippen LogP contribution in [0.1, 0.15) is 42.4 Å². The lowest BCUT2D eigenvalue weighted by Gasteiger charge is -2.37. The third-order valence-corrected chi connectivity index (χ3v) is 6.79. The number of hydrogen-bond donors (Lipinski definition) is 1. The molecule has 0 spiro atoms. The number of amides is 1. The summed E-state index contributed by atoms with van der Waals surface area (Å²) >= 11 is 0. The molecule has 1 aromatic heterocycles. The summed E-state index contributed by atoms with van der Waals surface area (Å²) in [6.07, 6.45) is 2.44. The molecular weight excluding hydrogens is 447 g/mol. The minimum absolute atomic E-state index is 0.0255. The number of rotatable bonds is 6. The number of carbonyl (C=O) groups excluding carboxylic acids is 1. The molecule has 1 amide bonds. The molecular formula is C24H30F3N5O2. The molecule has 2 fully saturated rings. The second kappa shape index (κ2) is 10.6. The van der Waals surface area contributed by atoms with Crippen LogP contribution in [0, 0.1) is 11.8 Å². The van der Waals surface area contributed by atoms with E-state index < -0.39 is 11.7 Å². The maximum Gasteiger partial charge on any atom is 0.416 e. The fourth-order valence-electron chi connectivity index (χ4n) is 4.88. The number of alkyl halides is 3. The number of aromatic nitrogens is 2. The molecule has 0 unspecified atom stereocenters. The molecule has 3 heterocycles. The molecule has 2 aliphatic rings. The molecule has 7 nitrogen and oxygen atoms in total. The summed E-state index contributed by atoms with van der Waals surface area (Å²) in [5.74, 6) is 0.276. The third kappa shape index (κ3) is 5.78. The number of aromatic amines is 1.